The smallest absolute Gasteiger partial charge is 0.235 e. The molecule has 5 heteroatoms. The van der Waals surface area contributed by atoms with E-state index in [0.29, 0.717) is 13.0 Å². The topological polar surface area (TPSA) is 67.6 Å². The first-order chi connectivity index (χ1) is 6.61. The highest BCUT2D eigenvalue weighted by Gasteiger charge is 2.12. The Balaban J connectivity index is 3.64. The van der Waals surface area contributed by atoms with Crippen LogP contribution in [0.5, 0.6) is 0 Å². The minimum absolute atomic E-state index is 0.138. The first kappa shape index (κ1) is 13.4. The van der Waals surface area contributed by atoms with Gasteiger partial charge in [0.05, 0.1) is 6.61 Å². The summed E-state index contributed by atoms with van der Waals surface area (Å²) < 4.78 is 5.22. The molecule has 0 saturated heterocycles. The molecule has 0 aromatic carbocycles. The van der Waals surface area contributed by atoms with Gasteiger partial charge < -0.3 is 9.64 Å². The van der Waals surface area contributed by atoms with Crippen molar-refractivity contribution in [2.24, 2.45) is 5.84 Å². The third-order valence-corrected chi connectivity index (χ3v) is 2.19. The Morgan fingerprint density at radius 1 is 1.64 bits per heavy atom. The Hall–Kier alpha value is -0.650. The van der Waals surface area contributed by atoms with Crippen molar-refractivity contribution < 1.29 is 9.53 Å². The first-order valence-electron chi connectivity index (χ1n) is 4.89. The lowest BCUT2D eigenvalue weighted by atomic mass is 10.2. The molecule has 3 N–H and O–H groups in total. The first-order valence-corrected chi connectivity index (χ1v) is 4.89. The molecular formula is C9H21N3O2. The number of amides is 1. The molecule has 0 heterocycles. The maximum absolute atomic E-state index is 11.0. The number of carbonyl (C=O) groups is 1. The SMILES string of the molecule is CCOCCN(C)C(C)CC(=O)NN. The van der Waals surface area contributed by atoms with Crippen LogP contribution in [0.15, 0.2) is 0 Å². The molecule has 0 aliphatic carbocycles. The van der Waals surface area contributed by atoms with Gasteiger partial charge in [0, 0.05) is 25.6 Å². The number of likely N-dealkylation sites (N-methyl/N-ethyl adjacent to an activating group) is 1. The molecule has 0 radical (unpaired) electrons. The molecule has 0 aliphatic heterocycles. The molecule has 0 aromatic heterocycles. The molecule has 0 aliphatic rings. The van der Waals surface area contributed by atoms with Crippen LogP contribution in [0, 0.1) is 0 Å². The van der Waals surface area contributed by atoms with Gasteiger partial charge in [0.25, 0.3) is 0 Å². The van der Waals surface area contributed by atoms with Crippen molar-refractivity contribution in [3.63, 3.8) is 0 Å². The predicted octanol–water partition coefficient (Wildman–Crippen LogP) is -0.277. The van der Waals surface area contributed by atoms with Gasteiger partial charge in [0.15, 0.2) is 0 Å². The Morgan fingerprint density at radius 2 is 2.29 bits per heavy atom. The van der Waals surface area contributed by atoms with Crippen LogP contribution in [0.1, 0.15) is 20.3 Å². The fourth-order valence-electron chi connectivity index (χ4n) is 1.06. The average Bonchev–Trinajstić information content (AvgIpc) is 2.17. The van der Waals surface area contributed by atoms with E-state index in [-0.39, 0.29) is 11.9 Å². The molecule has 1 atom stereocenters. The van der Waals surface area contributed by atoms with Crippen molar-refractivity contribution in [1.82, 2.24) is 10.3 Å². The lowest BCUT2D eigenvalue weighted by Crippen LogP contribution is -2.39. The number of rotatable bonds is 7. The van der Waals surface area contributed by atoms with Crippen LogP contribution >= 0.6 is 0 Å². The average molecular weight is 203 g/mol. The molecule has 5 nitrogen and oxygen atoms in total. The number of hydrogen-bond donors (Lipinski definition) is 2. The normalized spacial score (nSPS) is 12.9. The largest absolute Gasteiger partial charge is 0.380 e. The van der Waals surface area contributed by atoms with Crippen molar-refractivity contribution >= 4 is 5.91 Å². The van der Waals surface area contributed by atoms with Gasteiger partial charge in [0.1, 0.15) is 0 Å². The highest BCUT2D eigenvalue weighted by atomic mass is 16.5. The Kier molecular flexibility index (Phi) is 7.37. The van der Waals surface area contributed by atoms with Crippen molar-refractivity contribution in [2.45, 2.75) is 26.3 Å². The van der Waals surface area contributed by atoms with E-state index in [4.69, 9.17) is 10.6 Å². The van der Waals surface area contributed by atoms with E-state index in [1.807, 2.05) is 20.9 Å². The van der Waals surface area contributed by atoms with Crippen LogP contribution in [-0.2, 0) is 9.53 Å². The molecular weight excluding hydrogens is 182 g/mol. The molecule has 0 fully saturated rings. The van der Waals surface area contributed by atoms with Crippen molar-refractivity contribution in [3.05, 3.63) is 0 Å². The van der Waals surface area contributed by atoms with E-state index in [9.17, 15) is 4.79 Å². The highest BCUT2D eigenvalue weighted by molar-refractivity contribution is 5.75. The van der Waals surface area contributed by atoms with Crippen LogP contribution < -0.4 is 11.3 Å². The summed E-state index contributed by atoms with van der Waals surface area (Å²) in [4.78, 5) is 13.0. The van der Waals surface area contributed by atoms with Gasteiger partial charge in [-0.3, -0.25) is 10.2 Å². The van der Waals surface area contributed by atoms with Crippen LogP contribution in [0.4, 0.5) is 0 Å². The second-order valence-corrected chi connectivity index (χ2v) is 3.30. The summed E-state index contributed by atoms with van der Waals surface area (Å²) in [5, 5.41) is 0. The molecule has 1 unspecified atom stereocenters. The highest BCUT2D eigenvalue weighted by Crippen LogP contribution is 2.00. The van der Waals surface area contributed by atoms with Gasteiger partial charge >= 0.3 is 0 Å². The van der Waals surface area contributed by atoms with E-state index in [1.54, 1.807) is 0 Å². The van der Waals surface area contributed by atoms with E-state index in [2.05, 4.69) is 10.3 Å². The molecule has 0 rings (SSSR count). The summed E-state index contributed by atoms with van der Waals surface area (Å²) in [7, 11) is 1.97. The third kappa shape index (κ3) is 5.90. The van der Waals surface area contributed by atoms with Crippen molar-refractivity contribution in [1.29, 1.82) is 0 Å². The van der Waals surface area contributed by atoms with E-state index < -0.39 is 0 Å². The minimum Gasteiger partial charge on any atom is -0.380 e. The van der Waals surface area contributed by atoms with Gasteiger partial charge in [-0.25, -0.2) is 5.84 Å². The summed E-state index contributed by atoms with van der Waals surface area (Å²) in [5.41, 5.74) is 2.12. The molecule has 0 saturated carbocycles. The Morgan fingerprint density at radius 3 is 2.79 bits per heavy atom. The van der Waals surface area contributed by atoms with Gasteiger partial charge in [-0.05, 0) is 20.9 Å². The maximum Gasteiger partial charge on any atom is 0.235 e. The van der Waals surface area contributed by atoms with Gasteiger partial charge in [-0.1, -0.05) is 0 Å². The fourth-order valence-corrected chi connectivity index (χ4v) is 1.06. The second kappa shape index (κ2) is 7.73. The number of hydrazine groups is 1. The standard InChI is InChI=1S/C9H21N3O2/c1-4-14-6-5-12(3)8(2)7-9(13)11-10/h8H,4-7,10H2,1-3H3,(H,11,13). The maximum atomic E-state index is 11.0. The zero-order chi connectivity index (χ0) is 11.0. The Labute approximate surface area is 85.6 Å². The van der Waals surface area contributed by atoms with Gasteiger partial charge in [-0.2, -0.15) is 0 Å². The van der Waals surface area contributed by atoms with Crippen molar-refractivity contribution in [3.8, 4) is 0 Å². The molecule has 0 bridgehead atoms. The van der Waals surface area contributed by atoms with Gasteiger partial charge in [0.2, 0.25) is 5.91 Å². The lowest BCUT2D eigenvalue weighted by Gasteiger charge is -2.23. The van der Waals surface area contributed by atoms with Crippen LogP contribution in [0.2, 0.25) is 0 Å². The Bertz CT molecular complexity index is 164. The zero-order valence-corrected chi connectivity index (χ0v) is 9.25. The second-order valence-electron chi connectivity index (χ2n) is 3.30. The summed E-state index contributed by atoms with van der Waals surface area (Å²) in [6.07, 6.45) is 0.416. The minimum atomic E-state index is -0.138. The number of nitrogens with one attached hydrogen (secondary N) is 1. The number of nitrogens with two attached hydrogens (primary N) is 1. The monoisotopic (exact) mass is 203 g/mol. The van der Waals surface area contributed by atoms with Gasteiger partial charge in [-0.15, -0.1) is 0 Å². The summed E-state index contributed by atoms with van der Waals surface area (Å²) in [6, 6.07) is 0.180. The summed E-state index contributed by atoms with van der Waals surface area (Å²) in [6.45, 7) is 6.20. The third-order valence-electron chi connectivity index (χ3n) is 2.19. The van der Waals surface area contributed by atoms with E-state index in [0.717, 1.165) is 13.2 Å². The quantitative estimate of drug-likeness (QED) is 0.258. The van der Waals surface area contributed by atoms with E-state index in [1.165, 1.54) is 0 Å². The number of nitrogens with zero attached hydrogens (tertiary/aromatic N) is 1. The van der Waals surface area contributed by atoms with E-state index >= 15 is 0 Å². The van der Waals surface area contributed by atoms with Crippen molar-refractivity contribution in [2.75, 3.05) is 26.8 Å². The molecule has 0 spiro atoms. The number of ether oxygens (including phenoxy) is 1. The number of carbonyl (C=O) groups excluding carboxylic acids is 1. The van der Waals surface area contributed by atoms with Crippen LogP contribution in [0.25, 0.3) is 0 Å². The number of hydrogen-bond acceptors (Lipinski definition) is 4. The fraction of sp³-hybridized carbons (Fsp3) is 0.889. The summed E-state index contributed by atoms with van der Waals surface area (Å²) >= 11 is 0. The molecule has 84 valence electrons. The lowest BCUT2D eigenvalue weighted by molar-refractivity contribution is -0.122. The molecule has 14 heavy (non-hydrogen) atoms. The summed E-state index contributed by atoms with van der Waals surface area (Å²) in [5.74, 6) is 4.86. The van der Waals surface area contributed by atoms with Crippen LogP contribution in [-0.4, -0.2) is 43.7 Å². The molecule has 1 amide bonds. The molecule has 0 aromatic rings. The predicted molar refractivity (Wildman–Crippen MR) is 55.5 cm³/mol. The zero-order valence-electron chi connectivity index (χ0n) is 9.25. The van der Waals surface area contributed by atoms with Crippen LogP contribution in [0.3, 0.4) is 0 Å².